The van der Waals surface area contributed by atoms with E-state index in [1.807, 2.05) is 41.3 Å². The molecule has 192 valence electrons. The Morgan fingerprint density at radius 1 is 0.947 bits per heavy atom. The van der Waals surface area contributed by atoms with Crippen LogP contribution in [0.3, 0.4) is 0 Å². The van der Waals surface area contributed by atoms with Crippen molar-refractivity contribution in [1.82, 2.24) is 19.6 Å². The Morgan fingerprint density at radius 2 is 1.63 bits per heavy atom. The lowest BCUT2D eigenvalue weighted by Gasteiger charge is -2.34. The van der Waals surface area contributed by atoms with Crippen LogP contribution >= 0.6 is 11.6 Å². The van der Waals surface area contributed by atoms with Gasteiger partial charge >= 0.3 is 0 Å². The summed E-state index contributed by atoms with van der Waals surface area (Å²) in [7, 11) is 0. The number of carbonyl (C=O) groups is 1. The molecule has 0 saturated carbocycles. The summed E-state index contributed by atoms with van der Waals surface area (Å²) in [5, 5.41) is 16.2. The van der Waals surface area contributed by atoms with Crippen LogP contribution in [0, 0.1) is 10.1 Å². The average molecular weight is 528 g/mol. The lowest BCUT2D eigenvalue weighted by molar-refractivity contribution is -0.384. The van der Waals surface area contributed by atoms with Gasteiger partial charge in [0.05, 0.1) is 21.3 Å². The van der Waals surface area contributed by atoms with Crippen LogP contribution in [0.5, 0.6) is 0 Å². The zero-order chi connectivity index (χ0) is 26.5. The highest BCUT2D eigenvalue weighted by Crippen LogP contribution is 2.27. The van der Waals surface area contributed by atoms with Crippen molar-refractivity contribution < 1.29 is 9.72 Å². The van der Waals surface area contributed by atoms with Gasteiger partial charge in [-0.2, -0.15) is 5.10 Å². The van der Waals surface area contributed by atoms with Crippen LogP contribution in [0.4, 0.5) is 5.69 Å². The smallest absolute Gasteiger partial charge is 0.272 e. The Bertz CT molecular complexity index is 1460. The molecule has 0 unspecified atom stereocenters. The van der Waals surface area contributed by atoms with Crippen molar-refractivity contribution >= 4 is 29.3 Å². The molecule has 1 aromatic heterocycles. The topological polar surface area (TPSA) is 84.5 Å². The van der Waals surface area contributed by atoms with Crippen molar-refractivity contribution in [1.29, 1.82) is 0 Å². The third-order valence-corrected chi connectivity index (χ3v) is 6.84. The first-order chi connectivity index (χ1) is 18.5. The fourth-order valence-electron chi connectivity index (χ4n) is 4.43. The molecule has 8 nitrogen and oxygen atoms in total. The number of non-ortho nitro benzene ring substituents is 1. The second-order valence-electron chi connectivity index (χ2n) is 8.99. The second kappa shape index (κ2) is 11.4. The lowest BCUT2D eigenvalue weighted by Crippen LogP contribution is -2.49. The van der Waals surface area contributed by atoms with Crippen LogP contribution in [-0.4, -0.2) is 63.1 Å². The van der Waals surface area contributed by atoms with Gasteiger partial charge in [-0.3, -0.25) is 19.8 Å². The molecule has 4 aromatic rings. The molecule has 0 spiro atoms. The van der Waals surface area contributed by atoms with Crippen molar-refractivity contribution in [3.8, 4) is 16.9 Å². The van der Waals surface area contributed by atoms with Gasteiger partial charge in [0.1, 0.15) is 5.69 Å². The quantitative estimate of drug-likeness (QED) is 0.232. The second-order valence-corrected chi connectivity index (χ2v) is 9.40. The van der Waals surface area contributed by atoms with Gasteiger partial charge in [-0.15, -0.1) is 0 Å². The van der Waals surface area contributed by atoms with Gasteiger partial charge in [-0.1, -0.05) is 66.2 Å². The molecule has 0 bridgehead atoms. The molecule has 0 aliphatic carbocycles. The molecule has 9 heteroatoms. The molecule has 1 saturated heterocycles. The van der Waals surface area contributed by atoms with E-state index in [0.717, 1.165) is 25.2 Å². The fraction of sp³-hybridized carbons (Fsp3) is 0.172. The molecule has 38 heavy (non-hydrogen) atoms. The van der Waals surface area contributed by atoms with Gasteiger partial charge in [0.2, 0.25) is 0 Å². The summed E-state index contributed by atoms with van der Waals surface area (Å²) in [6.45, 7) is 3.54. The van der Waals surface area contributed by atoms with Crippen molar-refractivity contribution in [2.75, 3.05) is 32.7 Å². The maximum absolute atomic E-state index is 13.7. The monoisotopic (exact) mass is 527 g/mol. The van der Waals surface area contributed by atoms with E-state index in [2.05, 4.69) is 34.3 Å². The minimum absolute atomic E-state index is 0.00734. The number of aromatic nitrogens is 2. The number of nitrogens with zero attached hydrogens (tertiary/aromatic N) is 5. The van der Waals surface area contributed by atoms with Crippen LogP contribution in [0.1, 0.15) is 16.1 Å². The van der Waals surface area contributed by atoms with E-state index >= 15 is 0 Å². The predicted octanol–water partition coefficient (Wildman–Crippen LogP) is 5.57. The number of nitro groups is 1. The minimum Gasteiger partial charge on any atom is -0.335 e. The highest BCUT2D eigenvalue weighted by Gasteiger charge is 2.26. The summed E-state index contributed by atoms with van der Waals surface area (Å²) < 4.78 is 1.57. The van der Waals surface area contributed by atoms with Crippen LogP contribution < -0.4 is 0 Å². The maximum atomic E-state index is 13.7. The molecule has 3 aromatic carbocycles. The minimum atomic E-state index is -0.446. The van der Waals surface area contributed by atoms with E-state index in [9.17, 15) is 14.9 Å². The Morgan fingerprint density at radius 3 is 2.32 bits per heavy atom. The summed E-state index contributed by atoms with van der Waals surface area (Å²) in [5.74, 6) is -0.134. The predicted molar refractivity (Wildman–Crippen MR) is 148 cm³/mol. The normalized spacial score (nSPS) is 14.2. The Hall–Kier alpha value is -4.27. The number of hydrogen-bond donors (Lipinski definition) is 0. The van der Waals surface area contributed by atoms with Gasteiger partial charge in [-0.05, 0) is 35.9 Å². The Balaban J connectivity index is 1.34. The van der Waals surface area contributed by atoms with Gasteiger partial charge in [0.25, 0.3) is 11.6 Å². The first-order valence-corrected chi connectivity index (χ1v) is 12.7. The molecular weight excluding hydrogens is 502 g/mol. The number of carbonyl (C=O) groups excluding carboxylic acids is 1. The van der Waals surface area contributed by atoms with E-state index in [-0.39, 0.29) is 11.6 Å². The maximum Gasteiger partial charge on any atom is 0.272 e. The average Bonchev–Trinajstić information content (AvgIpc) is 3.39. The SMILES string of the molecule is O=C(c1cc(-c2ccc([N+](=O)[O-])cc2)nn1-c1ccccc1Cl)N1CCN(C/C=C/c2ccccc2)CC1. The standard InChI is InChI=1S/C29H26ClN5O3/c30-25-10-4-5-11-27(25)34-28(21-26(31-34)23-12-14-24(15-13-23)35(37)38)29(36)33-19-17-32(18-20-33)16-6-9-22-7-2-1-3-8-22/h1-15,21H,16-20H2/b9-6+. The zero-order valence-electron chi connectivity index (χ0n) is 20.6. The number of benzene rings is 3. The molecule has 5 rings (SSSR count). The molecule has 1 amide bonds. The van der Waals surface area contributed by atoms with Gasteiger partial charge < -0.3 is 4.90 Å². The number of piperazine rings is 1. The van der Waals surface area contributed by atoms with Crippen molar-refractivity contribution in [2.24, 2.45) is 0 Å². The third-order valence-electron chi connectivity index (χ3n) is 6.52. The van der Waals surface area contributed by atoms with E-state index < -0.39 is 4.92 Å². The zero-order valence-corrected chi connectivity index (χ0v) is 21.4. The molecule has 1 aliphatic rings. The van der Waals surface area contributed by atoms with Crippen molar-refractivity contribution in [3.05, 3.63) is 117 Å². The molecule has 2 heterocycles. The number of amides is 1. The number of halogens is 1. The van der Waals surface area contributed by atoms with E-state index in [0.29, 0.717) is 40.8 Å². The van der Waals surface area contributed by atoms with Crippen LogP contribution in [-0.2, 0) is 0 Å². The number of rotatable bonds is 7. The molecule has 1 fully saturated rings. The van der Waals surface area contributed by atoms with Crippen LogP contribution in [0.2, 0.25) is 5.02 Å². The number of hydrogen-bond acceptors (Lipinski definition) is 5. The Labute approximate surface area is 225 Å². The van der Waals surface area contributed by atoms with E-state index in [1.165, 1.54) is 12.1 Å². The molecule has 0 N–H and O–H groups in total. The molecular formula is C29H26ClN5O3. The van der Waals surface area contributed by atoms with Crippen molar-refractivity contribution in [3.63, 3.8) is 0 Å². The van der Waals surface area contributed by atoms with Crippen LogP contribution in [0.25, 0.3) is 23.0 Å². The highest BCUT2D eigenvalue weighted by molar-refractivity contribution is 6.32. The molecule has 0 atom stereocenters. The van der Waals surface area contributed by atoms with Gasteiger partial charge in [0.15, 0.2) is 0 Å². The first-order valence-electron chi connectivity index (χ1n) is 12.3. The summed E-state index contributed by atoms with van der Waals surface area (Å²) in [6, 6.07) is 25.2. The summed E-state index contributed by atoms with van der Waals surface area (Å²) >= 11 is 6.47. The number of nitro benzene ring substituents is 1. The van der Waals surface area contributed by atoms with Gasteiger partial charge in [0, 0.05) is 50.4 Å². The molecule has 0 radical (unpaired) electrons. The summed E-state index contributed by atoms with van der Waals surface area (Å²) in [6.07, 6.45) is 4.26. The van der Waals surface area contributed by atoms with E-state index in [1.54, 1.807) is 28.9 Å². The third kappa shape index (κ3) is 5.66. The van der Waals surface area contributed by atoms with Gasteiger partial charge in [-0.25, -0.2) is 4.68 Å². The summed E-state index contributed by atoms with van der Waals surface area (Å²) in [5.41, 5.74) is 3.35. The number of para-hydroxylation sites is 1. The highest BCUT2D eigenvalue weighted by atomic mass is 35.5. The molecule has 1 aliphatic heterocycles. The summed E-state index contributed by atoms with van der Waals surface area (Å²) in [4.78, 5) is 28.5. The van der Waals surface area contributed by atoms with E-state index in [4.69, 9.17) is 11.6 Å². The first kappa shape index (κ1) is 25.4. The lowest BCUT2D eigenvalue weighted by atomic mass is 10.1. The Kier molecular flexibility index (Phi) is 7.62. The fourth-order valence-corrected chi connectivity index (χ4v) is 4.65. The largest absolute Gasteiger partial charge is 0.335 e. The van der Waals surface area contributed by atoms with Crippen molar-refractivity contribution in [2.45, 2.75) is 0 Å². The van der Waals surface area contributed by atoms with Crippen LogP contribution in [0.15, 0.2) is 91.0 Å².